The van der Waals surface area contributed by atoms with Crippen LogP contribution in [0.1, 0.15) is 0 Å². The van der Waals surface area contributed by atoms with Gasteiger partial charge >= 0.3 is 0 Å². The molecule has 0 spiro atoms. The zero-order chi connectivity index (χ0) is 27.1. The maximum atomic E-state index is 14.6. The lowest BCUT2D eigenvalue weighted by atomic mass is 10.0. The molecule has 1 heterocycles. The van der Waals surface area contributed by atoms with Gasteiger partial charge in [0.2, 0.25) is 0 Å². The third-order valence-electron chi connectivity index (χ3n) is 7.74. The maximum absolute atomic E-state index is 14.6. The van der Waals surface area contributed by atoms with Gasteiger partial charge in [-0.25, -0.2) is 8.78 Å². The second-order valence-corrected chi connectivity index (χ2v) is 14.9. The van der Waals surface area contributed by atoms with E-state index < -0.39 is 19.7 Å². The number of benzene rings is 6. The monoisotopic (exact) mass is 554 g/mol. The summed E-state index contributed by atoms with van der Waals surface area (Å²) in [5.41, 5.74) is 2.10. The Kier molecular flexibility index (Phi) is 6.15. The quantitative estimate of drug-likeness (QED) is 0.154. The molecule has 0 amide bonds. The van der Waals surface area contributed by atoms with Crippen LogP contribution < -0.4 is 20.7 Å². The van der Waals surface area contributed by atoms with Crippen LogP contribution in [-0.4, -0.2) is 8.07 Å². The Morgan fingerprint density at radius 3 is 1.60 bits per heavy atom. The first kappa shape index (κ1) is 24.6. The fourth-order valence-electron chi connectivity index (χ4n) is 5.98. The van der Waals surface area contributed by atoms with Gasteiger partial charge in [0.25, 0.3) is 0 Å². The van der Waals surface area contributed by atoms with E-state index in [2.05, 4.69) is 127 Å². The first-order valence-corrected chi connectivity index (χ1v) is 16.0. The molecular weight excluding hydrogens is 531 g/mol. The van der Waals surface area contributed by atoms with Crippen LogP contribution in [0.5, 0.6) is 0 Å². The number of thiophene rings is 1. The minimum atomic E-state index is -2.66. The standard InChI is InChI=1S/C36H24F2SSi/c37-27-23-33-32-22-26(19-20-35(32)39-36(33)34(38)24-27)25-11-10-18-31(21-25)40(28-12-4-1-5-13-28,29-14-6-2-7-15-29)30-16-8-3-9-17-30/h1-24H. The molecule has 7 rings (SSSR count). The first-order chi connectivity index (χ1) is 19.6. The van der Waals surface area contributed by atoms with Crippen molar-refractivity contribution >= 4 is 60.3 Å². The number of fused-ring (bicyclic) bond motifs is 3. The minimum absolute atomic E-state index is 0.492. The van der Waals surface area contributed by atoms with E-state index >= 15 is 0 Å². The van der Waals surface area contributed by atoms with Crippen LogP contribution in [0.25, 0.3) is 31.3 Å². The van der Waals surface area contributed by atoms with Crippen molar-refractivity contribution in [2.75, 3.05) is 0 Å². The van der Waals surface area contributed by atoms with Crippen LogP contribution >= 0.6 is 11.3 Å². The largest absolute Gasteiger partial charge is 0.207 e. The average Bonchev–Trinajstić information content (AvgIpc) is 3.38. The molecule has 0 bridgehead atoms. The fourth-order valence-corrected chi connectivity index (χ4v) is 11.8. The van der Waals surface area contributed by atoms with Crippen LogP contribution in [0, 0.1) is 11.6 Å². The maximum Gasteiger partial charge on any atom is 0.179 e. The lowest BCUT2D eigenvalue weighted by Crippen LogP contribution is -2.74. The van der Waals surface area contributed by atoms with Gasteiger partial charge < -0.3 is 0 Å². The van der Waals surface area contributed by atoms with E-state index in [1.807, 2.05) is 6.07 Å². The van der Waals surface area contributed by atoms with Gasteiger partial charge in [-0.15, -0.1) is 11.3 Å². The van der Waals surface area contributed by atoms with Crippen molar-refractivity contribution in [3.05, 3.63) is 157 Å². The summed E-state index contributed by atoms with van der Waals surface area (Å²) in [5, 5.41) is 6.72. The van der Waals surface area contributed by atoms with Gasteiger partial charge in [0, 0.05) is 21.5 Å². The average molecular weight is 555 g/mol. The third kappa shape index (κ3) is 3.99. The molecule has 0 saturated heterocycles. The van der Waals surface area contributed by atoms with Gasteiger partial charge in [-0.3, -0.25) is 0 Å². The second kappa shape index (κ2) is 9.98. The Morgan fingerprint density at radius 2 is 1.00 bits per heavy atom. The lowest BCUT2D eigenvalue weighted by Gasteiger charge is -2.34. The molecule has 0 saturated carbocycles. The molecule has 192 valence electrons. The number of hydrogen-bond donors (Lipinski definition) is 0. The van der Waals surface area contributed by atoms with E-state index in [1.165, 1.54) is 38.2 Å². The van der Waals surface area contributed by atoms with Crippen LogP contribution in [0.3, 0.4) is 0 Å². The van der Waals surface area contributed by atoms with Crippen molar-refractivity contribution in [3.63, 3.8) is 0 Å². The Labute approximate surface area is 236 Å². The zero-order valence-electron chi connectivity index (χ0n) is 21.5. The number of hydrogen-bond acceptors (Lipinski definition) is 1. The van der Waals surface area contributed by atoms with E-state index in [-0.39, 0.29) is 0 Å². The molecule has 7 aromatic rings. The Balaban J connectivity index is 1.49. The summed E-state index contributed by atoms with van der Waals surface area (Å²) >= 11 is 1.37. The Morgan fingerprint density at radius 1 is 0.450 bits per heavy atom. The normalized spacial score (nSPS) is 11.8. The molecule has 0 aliphatic rings. The molecule has 0 aliphatic heterocycles. The summed E-state index contributed by atoms with van der Waals surface area (Å²) in [6.07, 6.45) is 0. The molecule has 0 fully saturated rings. The molecule has 0 unspecified atom stereocenters. The van der Waals surface area contributed by atoms with Gasteiger partial charge in [0.1, 0.15) is 11.6 Å². The SMILES string of the molecule is Fc1cc(F)c2sc3ccc(-c4cccc([Si](c5ccccc5)(c5ccccc5)c5ccccc5)c4)cc3c2c1. The molecule has 1 aromatic heterocycles. The molecule has 0 N–H and O–H groups in total. The second-order valence-electron chi connectivity index (χ2n) is 10.0. The third-order valence-corrected chi connectivity index (χ3v) is 13.7. The summed E-state index contributed by atoms with van der Waals surface area (Å²) in [7, 11) is -2.66. The van der Waals surface area contributed by atoms with Crippen molar-refractivity contribution in [1.29, 1.82) is 0 Å². The van der Waals surface area contributed by atoms with Gasteiger partial charge in [0.05, 0.1) is 4.70 Å². The minimum Gasteiger partial charge on any atom is -0.207 e. The van der Waals surface area contributed by atoms with Crippen molar-refractivity contribution in [3.8, 4) is 11.1 Å². The molecule has 0 aliphatic carbocycles. The van der Waals surface area contributed by atoms with E-state index in [1.54, 1.807) is 0 Å². The van der Waals surface area contributed by atoms with Crippen molar-refractivity contribution in [2.24, 2.45) is 0 Å². The van der Waals surface area contributed by atoms with E-state index in [0.29, 0.717) is 10.1 Å². The van der Waals surface area contributed by atoms with Crippen molar-refractivity contribution in [1.82, 2.24) is 0 Å². The van der Waals surface area contributed by atoms with Crippen LogP contribution in [-0.2, 0) is 0 Å². The highest BCUT2D eigenvalue weighted by Crippen LogP contribution is 2.38. The Bertz CT molecular complexity index is 1870. The Hall–Kier alpha value is -4.38. The zero-order valence-corrected chi connectivity index (χ0v) is 23.3. The molecule has 6 aromatic carbocycles. The predicted molar refractivity (Wildman–Crippen MR) is 168 cm³/mol. The molecule has 0 nitrogen and oxygen atoms in total. The van der Waals surface area contributed by atoms with Gasteiger partial charge in [-0.1, -0.05) is 121 Å². The molecule has 0 atom stereocenters. The van der Waals surface area contributed by atoms with Crippen LogP contribution in [0.4, 0.5) is 8.78 Å². The van der Waals surface area contributed by atoms with Crippen LogP contribution in [0.15, 0.2) is 146 Å². The summed E-state index contributed by atoms with van der Waals surface area (Å²) < 4.78 is 30.2. The van der Waals surface area contributed by atoms with E-state index in [4.69, 9.17) is 0 Å². The summed E-state index contributed by atoms with van der Waals surface area (Å²) in [5.74, 6) is -1.06. The van der Waals surface area contributed by atoms with Gasteiger partial charge in [-0.05, 0) is 50.1 Å². The van der Waals surface area contributed by atoms with Crippen LogP contribution in [0.2, 0.25) is 0 Å². The van der Waals surface area contributed by atoms with E-state index in [9.17, 15) is 8.78 Å². The summed E-state index contributed by atoms with van der Waals surface area (Å²) in [6.45, 7) is 0. The highest BCUT2D eigenvalue weighted by Gasteiger charge is 2.41. The van der Waals surface area contributed by atoms with Gasteiger partial charge in [-0.2, -0.15) is 0 Å². The fraction of sp³-hybridized carbons (Fsp3) is 0. The molecular formula is C36H24F2SSi. The highest BCUT2D eigenvalue weighted by atomic mass is 32.1. The number of halogens is 2. The summed E-state index contributed by atoms with van der Waals surface area (Å²) in [4.78, 5) is 0. The highest BCUT2D eigenvalue weighted by molar-refractivity contribution is 7.25. The van der Waals surface area contributed by atoms with E-state index in [0.717, 1.165) is 27.3 Å². The van der Waals surface area contributed by atoms with Crippen molar-refractivity contribution in [2.45, 2.75) is 0 Å². The lowest BCUT2D eigenvalue weighted by molar-refractivity contribution is 0.593. The predicted octanol–water partition coefficient (Wildman–Crippen LogP) is 7.38. The molecule has 40 heavy (non-hydrogen) atoms. The van der Waals surface area contributed by atoms with Crippen molar-refractivity contribution < 1.29 is 8.78 Å². The smallest absolute Gasteiger partial charge is 0.179 e. The number of rotatable bonds is 5. The van der Waals surface area contributed by atoms with Gasteiger partial charge in [0.15, 0.2) is 8.07 Å². The topological polar surface area (TPSA) is 0 Å². The molecule has 0 radical (unpaired) electrons. The summed E-state index contributed by atoms with van der Waals surface area (Å²) in [6, 6.07) is 49.9. The molecule has 4 heteroatoms. The first-order valence-electron chi connectivity index (χ1n) is 13.2.